The van der Waals surface area contributed by atoms with Crippen molar-refractivity contribution in [3.63, 3.8) is 0 Å². The molecule has 0 saturated heterocycles. The average Bonchev–Trinajstić information content (AvgIpc) is 2.41. The molecule has 4 nitrogen and oxygen atoms in total. The van der Waals surface area contributed by atoms with Gasteiger partial charge in [-0.3, -0.25) is 0 Å². The van der Waals surface area contributed by atoms with Crippen LogP contribution in [0, 0.1) is 0 Å². The fraction of sp³-hybridized carbons (Fsp3) is 0.600. The predicted molar refractivity (Wildman–Crippen MR) is 83.4 cm³/mol. The molecule has 1 aromatic rings. The van der Waals surface area contributed by atoms with E-state index in [2.05, 4.69) is 5.32 Å². The lowest BCUT2D eigenvalue weighted by atomic mass is 10.1. The molecule has 0 bridgehead atoms. The van der Waals surface area contributed by atoms with Gasteiger partial charge in [-0.15, -0.1) is 0 Å². The zero-order valence-electron chi connectivity index (χ0n) is 12.3. The van der Waals surface area contributed by atoms with Crippen molar-refractivity contribution < 1.29 is 8.42 Å². The number of benzene rings is 1. The Bertz CT molecular complexity index is 469. The number of sulfone groups is 1. The van der Waals surface area contributed by atoms with Crippen LogP contribution in [0.25, 0.3) is 0 Å². The maximum absolute atomic E-state index is 11.3. The normalized spacial score (nSPS) is 11.7. The first kappa shape index (κ1) is 17.1. The van der Waals surface area contributed by atoms with Crippen molar-refractivity contribution in [1.29, 1.82) is 0 Å². The van der Waals surface area contributed by atoms with E-state index in [1.54, 1.807) is 12.1 Å². The fourth-order valence-corrected chi connectivity index (χ4v) is 2.64. The lowest BCUT2D eigenvalue weighted by Gasteiger charge is -2.06. The van der Waals surface area contributed by atoms with Crippen molar-refractivity contribution >= 4 is 9.84 Å². The van der Waals surface area contributed by atoms with Crippen LogP contribution in [0.15, 0.2) is 29.2 Å². The maximum atomic E-state index is 11.3. The van der Waals surface area contributed by atoms with Gasteiger partial charge in [0.05, 0.1) is 4.90 Å². The third-order valence-corrected chi connectivity index (χ3v) is 4.37. The molecule has 114 valence electrons. The Morgan fingerprint density at radius 3 is 2.20 bits per heavy atom. The Hall–Kier alpha value is -0.910. The molecular formula is C15H26N2O2S. The van der Waals surface area contributed by atoms with E-state index in [1.807, 2.05) is 12.1 Å². The van der Waals surface area contributed by atoms with Gasteiger partial charge >= 0.3 is 0 Å². The zero-order chi connectivity index (χ0) is 14.8. The summed E-state index contributed by atoms with van der Waals surface area (Å²) in [5.41, 5.74) is 6.55. The van der Waals surface area contributed by atoms with Crippen molar-refractivity contribution in [2.45, 2.75) is 43.5 Å². The van der Waals surface area contributed by atoms with Gasteiger partial charge in [0.15, 0.2) is 9.84 Å². The van der Waals surface area contributed by atoms with E-state index in [-0.39, 0.29) is 0 Å². The van der Waals surface area contributed by atoms with Crippen molar-refractivity contribution in [2.75, 3.05) is 19.3 Å². The molecule has 0 amide bonds. The molecule has 1 aromatic carbocycles. The second-order valence-electron chi connectivity index (χ2n) is 5.15. The molecule has 0 unspecified atom stereocenters. The highest BCUT2D eigenvalue weighted by molar-refractivity contribution is 7.90. The smallest absolute Gasteiger partial charge is 0.175 e. The Morgan fingerprint density at radius 2 is 1.60 bits per heavy atom. The average molecular weight is 298 g/mol. The largest absolute Gasteiger partial charge is 0.330 e. The minimum atomic E-state index is -3.09. The van der Waals surface area contributed by atoms with Crippen molar-refractivity contribution in [3.05, 3.63) is 29.8 Å². The molecule has 0 atom stereocenters. The lowest BCUT2D eigenvalue weighted by molar-refractivity contribution is 0.577. The van der Waals surface area contributed by atoms with Gasteiger partial charge < -0.3 is 11.1 Å². The number of hydrogen-bond acceptors (Lipinski definition) is 4. The molecule has 0 aliphatic carbocycles. The van der Waals surface area contributed by atoms with E-state index in [0.29, 0.717) is 4.90 Å². The topological polar surface area (TPSA) is 72.2 Å². The molecule has 0 spiro atoms. The van der Waals surface area contributed by atoms with Gasteiger partial charge in [-0.1, -0.05) is 31.4 Å². The number of nitrogens with two attached hydrogens (primary N) is 1. The highest BCUT2D eigenvalue weighted by atomic mass is 32.2. The van der Waals surface area contributed by atoms with Gasteiger partial charge in [-0.25, -0.2) is 8.42 Å². The summed E-state index contributed by atoms with van der Waals surface area (Å²) >= 11 is 0. The zero-order valence-corrected chi connectivity index (χ0v) is 13.1. The Balaban J connectivity index is 2.16. The summed E-state index contributed by atoms with van der Waals surface area (Å²) in [6.45, 7) is 2.57. The SMILES string of the molecule is CS(=O)(=O)c1ccc(CNCCCCCCCN)cc1. The first-order valence-electron chi connectivity index (χ1n) is 7.24. The van der Waals surface area contributed by atoms with Gasteiger partial charge in [-0.05, 0) is 43.6 Å². The van der Waals surface area contributed by atoms with E-state index in [4.69, 9.17) is 5.73 Å². The monoisotopic (exact) mass is 298 g/mol. The molecule has 5 heteroatoms. The van der Waals surface area contributed by atoms with Crippen LogP contribution in [0.2, 0.25) is 0 Å². The summed E-state index contributed by atoms with van der Waals surface area (Å²) in [7, 11) is -3.09. The summed E-state index contributed by atoms with van der Waals surface area (Å²) in [5.74, 6) is 0. The van der Waals surface area contributed by atoms with Gasteiger partial charge in [0.1, 0.15) is 0 Å². The molecule has 3 N–H and O–H groups in total. The highest BCUT2D eigenvalue weighted by Gasteiger charge is 2.05. The molecule has 0 fully saturated rings. The number of hydrogen-bond donors (Lipinski definition) is 2. The van der Waals surface area contributed by atoms with Crippen LogP contribution < -0.4 is 11.1 Å². The third-order valence-electron chi connectivity index (χ3n) is 3.24. The van der Waals surface area contributed by atoms with Crippen LogP contribution in [0.5, 0.6) is 0 Å². The Morgan fingerprint density at radius 1 is 1.00 bits per heavy atom. The van der Waals surface area contributed by atoms with Gasteiger partial charge in [0.2, 0.25) is 0 Å². The fourth-order valence-electron chi connectivity index (χ4n) is 2.01. The van der Waals surface area contributed by atoms with Gasteiger partial charge in [0.25, 0.3) is 0 Å². The third kappa shape index (κ3) is 7.03. The van der Waals surface area contributed by atoms with E-state index in [1.165, 1.54) is 31.9 Å². The van der Waals surface area contributed by atoms with E-state index in [0.717, 1.165) is 31.6 Å². The predicted octanol–water partition coefficient (Wildman–Crippen LogP) is 2.09. The van der Waals surface area contributed by atoms with Crippen molar-refractivity contribution in [1.82, 2.24) is 5.32 Å². The molecular weight excluding hydrogens is 272 g/mol. The molecule has 0 aliphatic rings. The van der Waals surface area contributed by atoms with Crippen LogP contribution in [0.3, 0.4) is 0 Å². The summed E-state index contributed by atoms with van der Waals surface area (Å²) in [4.78, 5) is 0.376. The molecule has 0 radical (unpaired) electrons. The van der Waals surface area contributed by atoms with Crippen LogP contribution in [0.4, 0.5) is 0 Å². The standard InChI is InChI=1S/C15H26N2O2S/c1-20(18,19)15-9-7-14(8-10-15)13-17-12-6-4-2-3-5-11-16/h7-10,17H,2-6,11-13,16H2,1H3. The second-order valence-corrected chi connectivity index (χ2v) is 7.17. The Kier molecular flexibility index (Phi) is 7.80. The van der Waals surface area contributed by atoms with E-state index in [9.17, 15) is 8.42 Å². The van der Waals surface area contributed by atoms with Crippen molar-refractivity contribution in [2.24, 2.45) is 5.73 Å². The van der Waals surface area contributed by atoms with E-state index >= 15 is 0 Å². The maximum Gasteiger partial charge on any atom is 0.175 e. The van der Waals surface area contributed by atoms with Crippen LogP contribution in [-0.4, -0.2) is 27.8 Å². The second kappa shape index (κ2) is 9.10. The quantitative estimate of drug-likeness (QED) is 0.649. The summed E-state index contributed by atoms with van der Waals surface area (Å²) in [6.07, 6.45) is 7.24. The molecule has 0 aliphatic heterocycles. The van der Waals surface area contributed by atoms with Crippen LogP contribution in [0.1, 0.15) is 37.7 Å². The molecule has 1 rings (SSSR count). The van der Waals surface area contributed by atoms with Gasteiger partial charge in [-0.2, -0.15) is 0 Å². The molecule has 20 heavy (non-hydrogen) atoms. The van der Waals surface area contributed by atoms with Crippen molar-refractivity contribution in [3.8, 4) is 0 Å². The minimum absolute atomic E-state index is 0.376. The first-order valence-corrected chi connectivity index (χ1v) is 9.13. The number of rotatable bonds is 10. The number of nitrogens with one attached hydrogen (secondary N) is 1. The number of unbranched alkanes of at least 4 members (excludes halogenated alkanes) is 4. The lowest BCUT2D eigenvalue weighted by Crippen LogP contribution is -2.14. The molecule has 0 heterocycles. The highest BCUT2D eigenvalue weighted by Crippen LogP contribution is 2.10. The minimum Gasteiger partial charge on any atom is -0.330 e. The summed E-state index contributed by atoms with van der Waals surface area (Å²) in [5, 5.41) is 3.38. The van der Waals surface area contributed by atoms with E-state index < -0.39 is 9.84 Å². The first-order chi connectivity index (χ1) is 9.54. The summed E-state index contributed by atoms with van der Waals surface area (Å²) in [6, 6.07) is 7.06. The molecule has 0 aromatic heterocycles. The Labute approximate surface area is 122 Å². The summed E-state index contributed by atoms with van der Waals surface area (Å²) < 4.78 is 22.7. The van der Waals surface area contributed by atoms with Gasteiger partial charge in [0, 0.05) is 12.8 Å². The van der Waals surface area contributed by atoms with Crippen LogP contribution in [-0.2, 0) is 16.4 Å². The molecule has 0 saturated carbocycles. The van der Waals surface area contributed by atoms with Crippen LogP contribution >= 0.6 is 0 Å².